The molecule has 0 radical (unpaired) electrons. The van der Waals surface area contributed by atoms with E-state index < -0.39 is 157 Å². The van der Waals surface area contributed by atoms with Crippen LogP contribution in [0.5, 0.6) is 5.75 Å². The maximum Gasteiger partial charge on any atom is 0.148 e. The van der Waals surface area contributed by atoms with E-state index >= 15 is 0 Å². The van der Waals surface area contributed by atoms with Gasteiger partial charge >= 0.3 is 0 Å². The predicted molar refractivity (Wildman–Crippen MR) is 266 cm³/mol. The van der Waals surface area contributed by atoms with E-state index in [9.17, 15) is 6.48 Å². The normalized spacial score (nSPS) is 20.2. The molecule has 4 nitrogen and oxygen atoms in total. The van der Waals surface area contributed by atoms with Gasteiger partial charge in [-0.25, -0.2) is 4.98 Å². The molecule has 1 N–H and O–H groups in total. The van der Waals surface area contributed by atoms with E-state index in [0.29, 0.717) is 22.8 Å². The number of fused-ring (bicyclic) bond motifs is 1. The second-order valence-corrected chi connectivity index (χ2v) is 17.6. The monoisotopic (exact) mass is 1050 g/mol. The number of benzene rings is 6. The molecule has 0 unspecified atom stereocenters. The Bertz CT molecular complexity index is 4090. The van der Waals surface area contributed by atoms with Crippen LogP contribution in [-0.2, 0) is 42.7 Å². The van der Waals surface area contributed by atoms with Gasteiger partial charge in [0.05, 0.1) is 31.9 Å². The molecule has 0 saturated carbocycles. The summed E-state index contributed by atoms with van der Waals surface area (Å²) in [5, 5.41) is 13.1. The van der Waals surface area contributed by atoms with Gasteiger partial charge in [-0.05, 0) is 86.6 Å². The van der Waals surface area contributed by atoms with Gasteiger partial charge < -0.3 is 5.11 Å². The van der Waals surface area contributed by atoms with Gasteiger partial charge in [-0.1, -0.05) is 184 Å². The Balaban J connectivity index is 0.0000120. The Hall–Kier alpha value is -5.57. The van der Waals surface area contributed by atoms with Crippen molar-refractivity contribution in [3.05, 3.63) is 167 Å². The molecular formula is C59H62N3OPt-. The van der Waals surface area contributed by atoms with Gasteiger partial charge in [0.15, 0.2) is 0 Å². The molecule has 0 fully saturated rings. The minimum absolute atomic E-state index is 0. The quantitative estimate of drug-likeness (QED) is 0.169. The second-order valence-electron chi connectivity index (χ2n) is 17.6. The van der Waals surface area contributed by atoms with E-state index in [2.05, 4.69) is 11.1 Å². The second kappa shape index (κ2) is 17.1. The number of imidazole rings is 1. The molecule has 0 spiro atoms. The van der Waals surface area contributed by atoms with Gasteiger partial charge in [0.1, 0.15) is 11.6 Å². The minimum atomic E-state index is -4.25. The van der Waals surface area contributed by atoms with Crippen LogP contribution >= 0.6 is 0 Å². The Labute approximate surface area is 435 Å². The van der Waals surface area contributed by atoms with Crippen LogP contribution in [0.1, 0.15) is 149 Å². The number of hydrogen-bond acceptors (Lipinski definition) is 3. The molecule has 0 aliphatic carbocycles. The Morgan fingerprint density at radius 3 is 1.95 bits per heavy atom. The molecule has 2 heterocycles. The summed E-state index contributed by atoms with van der Waals surface area (Å²) in [6.07, 6.45) is -0.800. The van der Waals surface area contributed by atoms with Crippen molar-refractivity contribution in [2.24, 2.45) is 0 Å². The van der Waals surface area contributed by atoms with E-state index in [1.54, 1.807) is 66.7 Å². The fourth-order valence-corrected chi connectivity index (χ4v) is 7.38. The minimum Gasteiger partial charge on any atom is -0.507 e. The molecule has 0 aliphatic heterocycles. The van der Waals surface area contributed by atoms with Gasteiger partial charge in [0.25, 0.3) is 0 Å². The van der Waals surface area contributed by atoms with Crippen LogP contribution in [-0.4, -0.2) is 19.6 Å². The standard InChI is InChI=1S/C59H62N3O.Pt/c1-37-22-24-38(25-23-37)40-28-29-60-50(33-40)42-30-41(31-44(32-42)57(5,6)7)46-20-17-21-52-53(46)61-55(48-35-45(58(8,9)10)36-49(54(48)63)59(11,12)13)62(52)51-27-26-43(56(2,3)4)34-47(51)39-18-15-14-16-19-39;/h14-29,31-36,63H,1-13H3;/q-1;/i1D3,8D3,9D3,10D3,11D3,12D3,13D3,22D,23D,24D,25D,28D,29D,33D;. The van der Waals surface area contributed by atoms with Crippen LogP contribution < -0.4 is 0 Å². The van der Waals surface area contributed by atoms with E-state index in [-0.39, 0.29) is 66.2 Å². The molecule has 8 aromatic rings. The number of pyridine rings is 1. The van der Waals surface area contributed by atoms with Crippen molar-refractivity contribution in [3.63, 3.8) is 0 Å². The zero-order valence-corrected chi connectivity index (χ0v) is 38.0. The summed E-state index contributed by atoms with van der Waals surface area (Å²) in [4.78, 5) is 9.39. The van der Waals surface area contributed by atoms with Crippen LogP contribution in [0, 0.1) is 12.9 Å². The number of hydrogen-bond donors (Lipinski definition) is 1. The maximum atomic E-state index is 13.1. The summed E-state index contributed by atoms with van der Waals surface area (Å²) in [6, 6.07) is 20.6. The molecule has 0 bridgehead atoms. The summed E-state index contributed by atoms with van der Waals surface area (Å²) in [5.74, 6) is -2.07. The first kappa shape index (κ1) is 22.6. The molecule has 64 heavy (non-hydrogen) atoms. The Morgan fingerprint density at radius 1 is 0.609 bits per heavy atom. The van der Waals surface area contributed by atoms with Crippen molar-refractivity contribution < 1.29 is 64.6 Å². The number of aromatic hydroxyl groups is 1. The zero-order chi connectivity index (χ0) is 68.8. The summed E-state index contributed by atoms with van der Waals surface area (Å²) < 4.78 is 246. The average molecular weight is 1050 g/mol. The molecule has 0 aliphatic rings. The largest absolute Gasteiger partial charge is 0.507 e. The molecule has 0 amide bonds. The zero-order valence-electron chi connectivity index (χ0n) is 63.8. The van der Waals surface area contributed by atoms with Crippen LogP contribution in [0.25, 0.3) is 72.7 Å². The number of aromatic nitrogens is 3. The summed E-state index contributed by atoms with van der Waals surface area (Å²) in [5.41, 5.74) is -13.6. The smallest absolute Gasteiger partial charge is 0.148 e. The van der Waals surface area contributed by atoms with Gasteiger partial charge in [-0.2, -0.15) is 0 Å². The fraction of sp³-hybridized carbons (Fsp3) is 0.288. The molecule has 330 valence electrons. The van der Waals surface area contributed by atoms with E-state index in [1.165, 1.54) is 10.6 Å². The van der Waals surface area contributed by atoms with Gasteiger partial charge in [0, 0.05) is 72.8 Å². The third-order valence-corrected chi connectivity index (χ3v) is 10.8. The molecule has 2 aromatic heterocycles. The molecule has 0 saturated heterocycles. The molecular weight excluding hydrogens is 962 g/mol. The van der Waals surface area contributed by atoms with Gasteiger partial charge in [-0.3, -0.25) is 9.55 Å². The Kier molecular flexibility index (Phi) is 6.02. The number of para-hydroxylation sites is 1. The molecule has 0 atom stereocenters. The summed E-state index contributed by atoms with van der Waals surface area (Å²) in [7, 11) is 0. The van der Waals surface area contributed by atoms with Crippen LogP contribution in [0.2, 0.25) is 0 Å². The first-order chi connectivity index (χ1) is 41.2. The van der Waals surface area contributed by atoms with Crippen molar-refractivity contribution in [2.45, 2.75) is 111 Å². The first-order valence-electron chi connectivity index (χ1n) is 34.0. The fourth-order valence-electron chi connectivity index (χ4n) is 7.38. The van der Waals surface area contributed by atoms with Crippen molar-refractivity contribution >= 4 is 11.0 Å². The van der Waals surface area contributed by atoms with E-state index in [4.69, 9.17) is 42.0 Å². The van der Waals surface area contributed by atoms with Crippen LogP contribution in [0.3, 0.4) is 0 Å². The van der Waals surface area contributed by atoms with Crippen molar-refractivity contribution in [1.82, 2.24) is 14.5 Å². The SMILES string of the molecule is [2H]c1nc(-c2[c-]c(-c3cccc4c3nc(-c3cc(C(C([2H])([2H])[2H])(C([2H])([2H])[2H])C([2H])([2H])[2H])cc(C(C([2H])([2H])[2H])(C([2H])([2H])[2H])C([2H])([2H])[2H])c3O)n4-c3ccc(C(C)(C)C)cc3-c3ccccc3)cc(C(C)(C)C)c2)c([2H])c(-c2c([2H])c([2H])c(C([2H])([2H])[2H])c([2H])c2[2H])c1[2H].[Pt]. The number of nitrogens with zero attached hydrogens (tertiary/aromatic N) is 3. The maximum absolute atomic E-state index is 13.1. The van der Waals surface area contributed by atoms with Crippen LogP contribution in [0.4, 0.5) is 0 Å². The predicted octanol–water partition coefficient (Wildman–Crippen LogP) is 15.8. The Morgan fingerprint density at radius 2 is 1.28 bits per heavy atom. The molecule has 8 rings (SSSR count). The van der Waals surface area contributed by atoms with E-state index in [0.717, 1.165) is 5.56 Å². The third-order valence-electron chi connectivity index (χ3n) is 10.8. The van der Waals surface area contributed by atoms with Crippen LogP contribution in [0.15, 0.2) is 133 Å². The first-order valence-corrected chi connectivity index (χ1v) is 20.0. The van der Waals surface area contributed by atoms with Gasteiger partial charge in [0.2, 0.25) is 0 Å². The van der Waals surface area contributed by atoms with Crippen molar-refractivity contribution in [2.75, 3.05) is 0 Å². The average Bonchev–Trinajstić information content (AvgIpc) is 0.815. The number of phenols is 1. The number of rotatable bonds is 6. The summed E-state index contributed by atoms with van der Waals surface area (Å²) >= 11 is 0. The number of phenolic OH excluding ortho intramolecular Hbond substituents is 1. The molecule has 6 aromatic carbocycles. The van der Waals surface area contributed by atoms with Crippen molar-refractivity contribution in [3.8, 4) is 67.5 Å². The third kappa shape index (κ3) is 9.18. The van der Waals surface area contributed by atoms with Gasteiger partial charge in [-0.15, -0.1) is 29.3 Å². The van der Waals surface area contributed by atoms with Crippen molar-refractivity contribution in [1.29, 1.82) is 0 Å². The summed E-state index contributed by atoms with van der Waals surface area (Å²) in [6.45, 7) is -17.0. The molecule has 5 heteroatoms. The van der Waals surface area contributed by atoms with E-state index in [1.807, 2.05) is 47.6 Å². The topological polar surface area (TPSA) is 50.9 Å².